The number of carbonyl (C=O) groups excluding carboxylic acids is 3. The SMILES string of the molecule is C#CCO[C@H](C)[C@H](NC(=O)[C@H](C)CC)C(=O)N1CC[C@@H]2[C@H]1[C@@H](COc1ccc(F)c(F)c1)CN2C(=O)OCc1ccccc1. The first-order valence-corrected chi connectivity index (χ1v) is 14.9. The van der Waals surface area contributed by atoms with Crippen molar-refractivity contribution in [3.05, 3.63) is 65.7 Å². The highest BCUT2D eigenvalue weighted by molar-refractivity contribution is 5.89. The van der Waals surface area contributed by atoms with E-state index in [1.54, 1.807) is 23.6 Å². The minimum atomic E-state index is -1.04. The summed E-state index contributed by atoms with van der Waals surface area (Å²) < 4.78 is 44.5. The van der Waals surface area contributed by atoms with E-state index in [2.05, 4.69) is 11.2 Å². The van der Waals surface area contributed by atoms with E-state index in [1.807, 2.05) is 37.3 Å². The second-order valence-electron chi connectivity index (χ2n) is 11.2. The third-order valence-electron chi connectivity index (χ3n) is 8.34. The van der Waals surface area contributed by atoms with Crippen LogP contribution in [0.2, 0.25) is 0 Å². The zero-order chi connectivity index (χ0) is 31.8. The molecule has 2 aromatic rings. The zero-order valence-corrected chi connectivity index (χ0v) is 25.2. The molecule has 0 bridgehead atoms. The molecule has 2 heterocycles. The van der Waals surface area contributed by atoms with E-state index in [-0.39, 0.29) is 55.9 Å². The molecule has 11 heteroatoms. The van der Waals surface area contributed by atoms with Gasteiger partial charge in [-0.3, -0.25) is 9.59 Å². The van der Waals surface area contributed by atoms with Gasteiger partial charge in [0, 0.05) is 31.0 Å². The number of halogens is 2. The van der Waals surface area contributed by atoms with Crippen molar-refractivity contribution in [3.63, 3.8) is 0 Å². The van der Waals surface area contributed by atoms with Gasteiger partial charge >= 0.3 is 6.09 Å². The van der Waals surface area contributed by atoms with E-state index in [0.29, 0.717) is 19.4 Å². The minimum absolute atomic E-state index is 0.0194. The third-order valence-corrected chi connectivity index (χ3v) is 8.34. The lowest BCUT2D eigenvalue weighted by Gasteiger charge is -2.34. The van der Waals surface area contributed by atoms with Crippen molar-refractivity contribution in [2.24, 2.45) is 11.8 Å². The molecule has 0 aliphatic carbocycles. The molecule has 9 nitrogen and oxygen atoms in total. The molecule has 0 unspecified atom stereocenters. The Morgan fingerprint density at radius 1 is 1.09 bits per heavy atom. The van der Waals surface area contributed by atoms with E-state index in [0.717, 1.165) is 17.7 Å². The Morgan fingerprint density at radius 2 is 1.84 bits per heavy atom. The largest absolute Gasteiger partial charge is 0.493 e. The van der Waals surface area contributed by atoms with Gasteiger partial charge in [-0.2, -0.15) is 0 Å². The summed E-state index contributed by atoms with van der Waals surface area (Å²) >= 11 is 0. The van der Waals surface area contributed by atoms with Gasteiger partial charge in [-0.1, -0.05) is 50.1 Å². The standard InChI is InChI=1S/C33H39F2N3O6/c1-5-16-42-22(4)29(36-31(39)21(3)6-2)32(40)37-15-14-28-30(37)24(20-43-25-12-13-26(34)27(35)17-25)18-38(28)33(41)44-19-23-10-8-7-9-11-23/h1,7-13,17,21-22,24,28-30H,6,14-16,18-20H2,2-4H3,(H,36,39)/t21-,22-,24-,28-,29+,30-/m1/s1. The van der Waals surface area contributed by atoms with E-state index in [1.165, 1.54) is 6.07 Å². The molecule has 2 fully saturated rings. The Kier molecular flexibility index (Phi) is 11.2. The van der Waals surface area contributed by atoms with Crippen LogP contribution in [-0.2, 0) is 25.7 Å². The summed E-state index contributed by atoms with van der Waals surface area (Å²) in [6, 6.07) is 10.6. The van der Waals surface area contributed by atoms with Crippen LogP contribution in [0, 0.1) is 35.8 Å². The number of nitrogens with zero attached hydrogens (tertiary/aromatic N) is 2. The first kappa shape index (κ1) is 32.7. The Morgan fingerprint density at radius 3 is 2.52 bits per heavy atom. The number of nitrogens with one attached hydrogen (secondary N) is 1. The lowest BCUT2D eigenvalue weighted by molar-refractivity contribution is -0.142. The third kappa shape index (κ3) is 7.66. The van der Waals surface area contributed by atoms with Crippen LogP contribution >= 0.6 is 0 Å². The van der Waals surface area contributed by atoms with Crippen molar-refractivity contribution in [2.75, 3.05) is 26.3 Å². The Balaban J connectivity index is 1.57. The van der Waals surface area contributed by atoms with Crippen LogP contribution in [0.5, 0.6) is 5.75 Å². The van der Waals surface area contributed by atoms with Crippen LogP contribution in [0.25, 0.3) is 0 Å². The number of benzene rings is 2. The predicted octanol–water partition coefficient (Wildman–Crippen LogP) is 4.15. The molecule has 2 aromatic carbocycles. The van der Waals surface area contributed by atoms with Gasteiger partial charge in [0.15, 0.2) is 11.6 Å². The van der Waals surface area contributed by atoms with Crippen LogP contribution < -0.4 is 10.1 Å². The number of hydrogen-bond acceptors (Lipinski definition) is 6. The van der Waals surface area contributed by atoms with Crippen molar-refractivity contribution < 1.29 is 37.4 Å². The Labute approximate surface area is 256 Å². The summed E-state index contributed by atoms with van der Waals surface area (Å²) in [5.41, 5.74) is 0.832. The first-order valence-electron chi connectivity index (χ1n) is 14.9. The average molecular weight is 612 g/mol. The average Bonchev–Trinajstić information content (AvgIpc) is 3.62. The van der Waals surface area contributed by atoms with E-state index in [9.17, 15) is 23.2 Å². The number of amides is 3. The molecule has 44 heavy (non-hydrogen) atoms. The van der Waals surface area contributed by atoms with Crippen LogP contribution in [0.1, 0.15) is 39.2 Å². The quantitative estimate of drug-likeness (QED) is 0.363. The van der Waals surface area contributed by atoms with Gasteiger partial charge in [0.25, 0.3) is 0 Å². The summed E-state index contributed by atoms with van der Waals surface area (Å²) in [5, 5.41) is 2.85. The van der Waals surface area contributed by atoms with Crippen LogP contribution in [0.15, 0.2) is 48.5 Å². The molecule has 0 saturated carbocycles. The lowest BCUT2D eigenvalue weighted by Crippen LogP contribution is -2.57. The topological polar surface area (TPSA) is 97.4 Å². The van der Waals surface area contributed by atoms with Crippen molar-refractivity contribution >= 4 is 17.9 Å². The maximum Gasteiger partial charge on any atom is 0.410 e. The second-order valence-corrected chi connectivity index (χ2v) is 11.2. The normalized spacial score (nSPS) is 21.1. The summed E-state index contributed by atoms with van der Waals surface area (Å²) in [4.78, 5) is 43.6. The molecule has 3 amide bonds. The number of hydrogen-bond donors (Lipinski definition) is 1. The number of fused-ring (bicyclic) bond motifs is 1. The van der Waals surface area contributed by atoms with E-state index in [4.69, 9.17) is 20.6 Å². The highest BCUT2D eigenvalue weighted by atomic mass is 19.2. The van der Waals surface area contributed by atoms with Crippen LogP contribution in [-0.4, -0.2) is 78.2 Å². The van der Waals surface area contributed by atoms with Gasteiger partial charge in [0.05, 0.1) is 24.8 Å². The molecule has 236 valence electrons. The summed E-state index contributed by atoms with van der Waals surface area (Å²) in [6.07, 6.45) is 5.18. The second kappa shape index (κ2) is 15.0. The van der Waals surface area contributed by atoms with Gasteiger partial charge < -0.3 is 29.3 Å². The molecule has 0 spiro atoms. The first-order chi connectivity index (χ1) is 21.1. The fraction of sp³-hybridized carbons (Fsp3) is 0.485. The van der Waals surface area contributed by atoms with E-state index >= 15 is 0 Å². The maximum atomic E-state index is 14.1. The van der Waals surface area contributed by atoms with Gasteiger partial charge in [-0.25, -0.2) is 13.6 Å². The summed E-state index contributed by atoms with van der Waals surface area (Å²) in [6.45, 7) is 5.92. The summed E-state index contributed by atoms with van der Waals surface area (Å²) in [7, 11) is 0. The molecule has 6 atom stereocenters. The molecule has 2 aliphatic heterocycles. The molecule has 2 aliphatic rings. The number of likely N-dealkylation sites (tertiary alicyclic amines) is 2. The molecule has 0 radical (unpaired) electrons. The lowest BCUT2D eigenvalue weighted by atomic mass is 9.99. The molecular formula is C33H39F2N3O6. The monoisotopic (exact) mass is 611 g/mol. The van der Waals surface area contributed by atoms with Crippen molar-refractivity contribution in [2.45, 2.75) is 64.4 Å². The Bertz CT molecular complexity index is 1350. The number of carbonyl (C=O) groups is 3. The maximum absolute atomic E-state index is 14.1. The van der Waals surface area contributed by atoms with E-state index < -0.39 is 41.8 Å². The van der Waals surface area contributed by atoms with Gasteiger partial charge in [-0.05, 0) is 37.5 Å². The minimum Gasteiger partial charge on any atom is -0.493 e. The van der Waals surface area contributed by atoms with Crippen LogP contribution in [0.4, 0.5) is 13.6 Å². The van der Waals surface area contributed by atoms with Crippen molar-refractivity contribution in [3.8, 4) is 18.1 Å². The molecule has 4 rings (SSSR count). The van der Waals surface area contributed by atoms with Crippen LogP contribution in [0.3, 0.4) is 0 Å². The fourth-order valence-corrected chi connectivity index (χ4v) is 5.71. The van der Waals surface area contributed by atoms with Crippen molar-refractivity contribution in [1.29, 1.82) is 0 Å². The number of rotatable bonds is 12. The zero-order valence-electron chi connectivity index (χ0n) is 25.2. The molecule has 0 aromatic heterocycles. The van der Waals surface area contributed by atoms with Gasteiger partial charge in [0.2, 0.25) is 11.8 Å². The smallest absolute Gasteiger partial charge is 0.410 e. The molecular weight excluding hydrogens is 572 g/mol. The molecule has 1 N–H and O–H groups in total. The molecule has 2 saturated heterocycles. The van der Waals surface area contributed by atoms with Gasteiger partial charge in [-0.15, -0.1) is 6.42 Å². The fourth-order valence-electron chi connectivity index (χ4n) is 5.71. The van der Waals surface area contributed by atoms with Gasteiger partial charge in [0.1, 0.15) is 25.0 Å². The highest BCUT2D eigenvalue weighted by Crippen LogP contribution is 2.37. The Hall–Kier alpha value is -4.17. The predicted molar refractivity (Wildman–Crippen MR) is 158 cm³/mol. The summed E-state index contributed by atoms with van der Waals surface area (Å²) in [5.74, 6) is -0.893. The number of terminal acetylenes is 1. The highest BCUT2D eigenvalue weighted by Gasteiger charge is 2.53. The number of ether oxygens (including phenoxy) is 3. The van der Waals surface area contributed by atoms with Crippen molar-refractivity contribution in [1.82, 2.24) is 15.1 Å².